The summed E-state index contributed by atoms with van der Waals surface area (Å²) in [6.07, 6.45) is 0. The molecule has 0 fully saturated rings. The Bertz CT molecular complexity index is 3350. The van der Waals surface area contributed by atoms with Crippen LogP contribution in [0.15, 0.2) is 176 Å². The molecule has 5 nitrogen and oxygen atoms in total. The first-order valence-corrected chi connectivity index (χ1v) is 18.3. The topological polar surface area (TPSA) is 42.9 Å². The second kappa shape index (κ2) is 11.8. The van der Waals surface area contributed by atoms with Crippen molar-refractivity contribution >= 4 is 71.1 Å². The predicted octanol–water partition coefficient (Wildman–Crippen LogP) is 13.1. The quantitative estimate of drug-likeness (QED) is 0.169. The molecule has 0 aliphatic heterocycles. The first kappa shape index (κ1) is 30.7. The molecule has 3 aromatic heterocycles. The summed E-state index contributed by atoms with van der Waals surface area (Å²) in [6.45, 7) is 7.83. The zero-order valence-electron chi connectivity index (χ0n) is 29.5. The van der Waals surface area contributed by atoms with Gasteiger partial charge in [0.25, 0.3) is 0 Å². The summed E-state index contributed by atoms with van der Waals surface area (Å²) in [6, 6.07) is 63.7. The highest BCUT2D eigenvalue weighted by Crippen LogP contribution is 2.39. The summed E-state index contributed by atoms with van der Waals surface area (Å²) in [4.78, 5) is 3.79. The Labute approximate surface area is 316 Å². The number of aromatic nitrogens is 3. The van der Waals surface area contributed by atoms with E-state index in [9.17, 15) is 5.26 Å². The van der Waals surface area contributed by atoms with Gasteiger partial charge in [-0.2, -0.15) is 5.26 Å². The van der Waals surface area contributed by atoms with Crippen molar-refractivity contribution in [3.63, 3.8) is 0 Å². The molecule has 0 radical (unpaired) electrons. The largest absolute Gasteiger partial charge is 0.309 e. The fourth-order valence-electron chi connectivity index (χ4n) is 8.66. The molecular formula is C50H29N5. The Morgan fingerprint density at radius 1 is 0.382 bits per heavy atom. The Morgan fingerprint density at radius 2 is 0.836 bits per heavy atom. The van der Waals surface area contributed by atoms with E-state index in [0.717, 1.165) is 61.0 Å². The van der Waals surface area contributed by atoms with Crippen LogP contribution >= 0.6 is 0 Å². The maximum Gasteiger partial charge on any atom is 0.188 e. The van der Waals surface area contributed by atoms with Crippen LogP contribution in [-0.4, -0.2) is 13.7 Å². The number of hydrogen-bond acceptors (Lipinski definition) is 1. The third-order valence-electron chi connectivity index (χ3n) is 11.0. The maximum absolute atomic E-state index is 10.3. The summed E-state index contributed by atoms with van der Waals surface area (Å²) < 4.78 is 6.86. The summed E-state index contributed by atoms with van der Waals surface area (Å²) >= 11 is 0. The molecule has 0 unspecified atom stereocenters. The van der Waals surface area contributed by atoms with Gasteiger partial charge < -0.3 is 13.7 Å². The zero-order chi connectivity index (χ0) is 36.6. The number of para-hydroxylation sites is 4. The van der Waals surface area contributed by atoms with Crippen molar-refractivity contribution in [2.45, 2.75) is 0 Å². The number of rotatable bonds is 4. The van der Waals surface area contributed by atoms with Crippen LogP contribution in [-0.2, 0) is 0 Å². The summed E-state index contributed by atoms with van der Waals surface area (Å²) in [5.74, 6) is 0. The van der Waals surface area contributed by atoms with Crippen molar-refractivity contribution in [2.75, 3.05) is 0 Å². The van der Waals surface area contributed by atoms with E-state index in [-0.39, 0.29) is 0 Å². The van der Waals surface area contributed by atoms with Gasteiger partial charge in [0.1, 0.15) is 0 Å². The molecule has 55 heavy (non-hydrogen) atoms. The predicted molar refractivity (Wildman–Crippen MR) is 226 cm³/mol. The summed E-state index contributed by atoms with van der Waals surface area (Å²) in [5, 5.41) is 17.2. The van der Waals surface area contributed by atoms with E-state index in [1.54, 1.807) is 0 Å². The van der Waals surface area contributed by atoms with Crippen molar-refractivity contribution < 1.29 is 0 Å². The molecule has 11 rings (SSSR count). The number of nitriles is 1. The second-order valence-electron chi connectivity index (χ2n) is 14.0. The van der Waals surface area contributed by atoms with E-state index in [2.05, 4.69) is 170 Å². The van der Waals surface area contributed by atoms with Gasteiger partial charge in [0.2, 0.25) is 0 Å². The minimum atomic E-state index is 0.577. The number of hydrogen-bond donors (Lipinski definition) is 0. The minimum absolute atomic E-state index is 0.577. The molecule has 8 aromatic carbocycles. The molecule has 0 spiro atoms. The molecule has 0 amide bonds. The van der Waals surface area contributed by atoms with E-state index in [1.165, 1.54) is 32.6 Å². The van der Waals surface area contributed by atoms with Gasteiger partial charge in [0.15, 0.2) is 5.69 Å². The molecule has 0 saturated carbocycles. The second-order valence-corrected chi connectivity index (χ2v) is 14.0. The van der Waals surface area contributed by atoms with E-state index >= 15 is 0 Å². The normalized spacial score (nSPS) is 11.6. The fourth-order valence-corrected chi connectivity index (χ4v) is 8.66. The highest BCUT2D eigenvalue weighted by Gasteiger charge is 2.18. The number of fused-ring (bicyclic) bond motifs is 9. The third kappa shape index (κ3) is 4.58. The van der Waals surface area contributed by atoms with Gasteiger partial charge in [-0.05, 0) is 101 Å². The van der Waals surface area contributed by atoms with Gasteiger partial charge in [-0.25, -0.2) is 4.85 Å². The molecule has 0 bridgehead atoms. The van der Waals surface area contributed by atoms with Crippen molar-refractivity contribution in [3.05, 3.63) is 193 Å². The average molecular weight is 700 g/mol. The molecule has 0 N–H and O–H groups in total. The Morgan fingerprint density at radius 3 is 1.38 bits per heavy atom. The lowest BCUT2D eigenvalue weighted by Crippen LogP contribution is -1.97. The van der Waals surface area contributed by atoms with E-state index in [0.29, 0.717) is 11.3 Å². The van der Waals surface area contributed by atoms with E-state index < -0.39 is 0 Å². The van der Waals surface area contributed by atoms with Gasteiger partial charge >= 0.3 is 0 Å². The highest BCUT2D eigenvalue weighted by molar-refractivity contribution is 6.13. The third-order valence-corrected chi connectivity index (χ3v) is 11.0. The SMILES string of the molecule is [C-]#[N+]c1ccc2c(c1)c1cc(-n3c4ccccc4c4ccccc43)ccc1n2-c1cc(C#N)cc(-c2ccc(-n3c4ccccc4c4ccccc43)cc2)c1. The van der Waals surface area contributed by atoms with Crippen LogP contribution in [0.5, 0.6) is 0 Å². The Kier molecular flexibility index (Phi) is 6.61. The molecule has 0 saturated heterocycles. The fraction of sp³-hybridized carbons (Fsp3) is 0. The molecular weight excluding hydrogens is 671 g/mol. The zero-order valence-corrected chi connectivity index (χ0v) is 29.5. The molecule has 3 heterocycles. The first-order chi connectivity index (χ1) is 27.2. The van der Waals surface area contributed by atoms with Crippen LogP contribution in [0.4, 0.5) is 5.69 Å². The Hall–Kier alpha value is -7.86. The lowest BCUT2D eigenvalue weighted by molar-refractivity contribution is 1.16. The minimum Gasteiger partial charge on any atom is -0.309 e. The molecule has 0 atom stereocenters. The van der Waals surface area contributed by atoms with Crippen LogP contribution in [0, 0.1) is 17.9 Å². The van der Waals surface area contributed by atoms with Gasteiger partial charge in [-0.3, -0.25) is 0 Å². The van der Waals surface area contributed by atoms with Crippen LogP contribution in [0.3, 0.4) is 0 Å². The highest BCUT2D eigenvalue weighted by atomic mass is 15.0. The van der Waals surface area contributed by atoms with Gasteiger partial charge in [-0.15, -0.1) is 0 Å². The van der Waals surface area contributed by atoms with E-state index in [1.807, 2.05) is 30.3 Å². The molecule has 5 heteroatoms. The smallest absolute Gasteiger partial charge is 0.188 e. The van der Waals surface area contributed by atoms with Crippen LogP contribution in [0.1, 0.15) is 5.56 Å². The van der Waals surface area contributed by atoms with Crippen molar-refractivity contribution in [3.8, 4) is 34.3 Å². The number of benzene rings is 8. The molecule has 254 valence electrons. The molecule has 11 aromatic rings. The lowest BCUT2D eigenvalue weighted by Gasteiger charge is -2.13. The Balaban J connectivity index is 1.09. The van der Waals surface area contributed by atoms with Crippen LogP contribution < -0.4 is 0 Å². The monoisotopic (exact) mass is 699 g/mol. The molecule has 0 aliphatic carbocycles. The number of nitrogens with zero attached hydrogens (tertiary/aromatic N) is 5. The lowest BCUT2D eigenvalue weighted by atomic mass is 10.0. The summed E-state index contributed by atoms with van der Waals surface area (Å²) in [7, 11) is 0. The molecule has 0 aliphatic rings. The standard InChI is InChI=1S/C50H29N5/c1-52-35-20-24-49-43(29-35)44-30-37(54-47-16-8-4-12-41(47)42-13-5-9-17-48(42)54)23-25-50(44)55(49)38-27-32(31-51)26-34(28-38)33-18-21-36(22-19-33)53-45-14-6-2-10-39(45)40-11-3-7-15-46(40)53/h2-30H. The summed E-state index contributed by atoms with van der Waals surface area (Å²) in [5.41, 5.74) is 12.8. The van der Waals surface area contributed by atoms with Crippen LogP contribution in [0.25, 0.3) is 98.5 Å². The van der Waals surface area contributed by atoms with Crippen molar-refractivity contribution in [1.29, 1.82) is 5.26 Å². The van der Waals surface area contributed by atoms with E-state index in [4.69, 9.17) is 6.57 Å². The first-order valence-electron chi connectivity index (χ1n) is 18.3. The maximum atomic E-state index is 10.3. The van der Waals surface area contributed by atoms with Crippen molar-refractivity contribution in [1.82, 2.24) is 13.7 Å². The van der Waals surface area contributed by atoms with Gasteiger partial charge in [-0.1, -0.05) is 91.0 Å². The van der Waals surface area contributed by atoms with Gasteiger partial charge in [0, 0.05) is 44.0 Å². The van der Waals surface area contributed by atoms with Gasteiger partial charge in [0.05, 0.1) is 51.3 Å². The van der Waals surface area contributed by atoms with Crippen molar-refractivity contribution in [2.24, 2.45) is 0 Å². The average Bonchev–Trinajstić information content (AvgIpc) is 3.89. The van der Waals surface area contributed by atoms with Crippen LogP contribution in [0.2, 0.25) is 0 Å².